The topological polar surface area (TPSA) is 110 Å². The Bertz CT molecular complexity index is 865. The number of hydrogen-bond acceptors (Lipinski definition) is 5. The van der Waals surface area contributed by atoms with Gasteiger partial charge in [0.15, 0.2) is 0 Å². The van der Waals surface area contributed by atoms with Crippen molar-refractivity contribution in [2.45, 2.75) is 57.8 Å². The number of aliphatic hydroxyl groups excluding tert-OH is 1. The molecule has 1 unspecified atom stereocenters. The van der Waals surface area contributed by atoms with Crippen molar-refractivity contribution in [2.75, 3.05) is 13.6 Å². The Morgan fingerprint density at radius 3 is 2.83 bits per heavy atom. The van der Waals surface area contributed by atoms with Gasteiger partial charge in [0.25, 0.3) is 0 Å². The van der Waals surface area contributed by atoms with E-state index in [1.54, 1.807) is 25.1 Å². The lowest BCUT2D eigenvalue weighted by Crippen LogP contribution is -2.56. The maximum absolute atomic E-state index is 13.3. The number of carbonyl (C=O) groups is 2. The van der Waals surface area contributed by atoms with Crippen LogP contribution >= 0.6 is 0 Å². The number of nitrogens with zero attached hydrogens (tertiary/aromatic N) is 2. The van der Waals surface area contributed by atoms with Crippen molar-refractivity contribution in [1.82, 2.24) is 25.5 Å². The lowest BCUT2D eigenvalue weighted by Gasteiger charge is -2.32. The lowest BCUT2D eigenvalue weighted by molar-refractivity contribution is -0.139. The van der Waals surface area contributed by atoms with E-state index in [1.165, 1.54) is 0 Å². The standard InChI is InChI=1S/C21H31N5O3/c1-12(2)18(25-20(28)13(3)22-4)21(29)26-9-7-17(27)16(26)10-14-11-24-19-15(14)6-5-8-23-19/h5-6,8,11-13,16-18,22,27H,7,9-10H2,1-4H3,(H,23,24)(H,25,28)/t13-,16-,17?,18-/m0/s1. The van der Waals surface area contributed by atoms with Crippen LogP contribution in [-0.2, 0) is 16.0 Å². The Morgan fingerprint density at radius 1 is 1.38 bits per heavy atom. The first-order valence-corrected chi connectivity index (χ1v) is 10.2. The molecular formula is C21H31N5O3. The van der Waals surface area contributed by atoms with E-state index >= 15 is 0 Å². The number of likely N-dealkylation sites (tertiary alicyclic amines) is 1. The molecule has 0 radical (unpaired) electrons. The van der Waals surface area contributed by atoms with E-state index in [1.807, 2.05) is 32.2 Å². The summed E-state index contributed by atoms with van der Waals surface area (Å²) in [6, 6.07) is 2.51. The number of likely N-dealkylation sites (N-methyl/N-ethyl adjacent to an activating group) is 1. The first-order valence-electron chi connectivity index (χ1n) is 10.2. The van der Waals surface area contributed by atoms with Crippen LogP contribution in [0.25, 0.3) is 11.0 Å². The van der Waals surface area contributed by atoms with Gasteiger partial charge in [0.2, 0.25) is 11.8 Å². The molecule has 29 heavy (non-hydrogen) atoms. The number of hydrogen-bond donors (Lipinski definition) is 4. The lowest BCUT2D eigenvalue weighted by atomic mass is 9.99. The Kier molecular flexibility index (Phi) is 6.54. The van der Waals surface area contributed by atoms with Gasteiger partial charge in [-0.15, -0.1) is 0 Å². The number of aliphatic hydroxyl groups is 1. The quantitative estimate of drug-likeness (QED) is 0.549. The number of aromatic nitrogens is 2. The van der Waals surface area contributed by atoms with Crippen molar-refractivity contribution >= 4 is 22.8 Å². The van der Waals surface area contributed by atoms with E-state index in [0.29, 0.717) is 19.4 Å². The number of fused-ring (bicyclic) bond motifs is 1. The molecule has 8 heteroatoms. The summed E-state index contributed by atoms with van der Waals surface area (Å²) in [6.45, 7) is 6.07. The fourth-order valence-corrected chi connectivity index (χ4v) is 3.87. The van der Waals surface area contributed by atoms with Gasteiger partial charge in [-0.25, -0.2) is 4.98 Å². The van der Waals surface area contributed by atoms with Crippen LogP contribution < -0.4 is 10.6 Å². The number of pyridine rings is 1. The fraction of sp³-hybridized carbons (Fsp3) is 0.571. The Hall–Kier alpha value is -2.45. The smallest absolute Gasteiger partial charge is 0.245 e. The predicted molar refractivity (Wildman–Crippen MR) is 111 cm³/mol. The summed E-state index contributed by atoms with van der Waals surface area (Å²) in [4.78, 5) is 34.9. The number of aromatic amines is 1. The number of amides is 2. The minimum Gasteiger partial charge on any atom is -0.391 e. The summed E-state index contributed by atoms with van der Waals surface area (Å²) in [5.41, 5.74) is 1.81. The third kappa shape index (κ3) is 4.43. The van der Waals surface area contributed by atoms with Crippen molar-refractivity contribution in [3.8, 4) is 0 Å². The monoisotopic (exact) mass is 401 g/mol. The molecule has 1 fully saturated rings. The second kappa shape index (κ2) is 8.92. The summed E-state index contributed by atoms with van der Waals surface area (Å²) >= 11 is 0. The summed E-state index contributed by atoms with van der Waals surface area (Å²) in [5.74, 6) is -0.416. The zero-order chi connectivity index (χ0) is 21.1. The van der Waals surface area contributed by atoms with Crippen LogP contribution in [-0.4, -0.2) is 69.6 Å². The molecule has 158 valence electrons. The molecule has 0 aliphatic carbocycles. The highest BCUT2D eigenvalue weighted by Gasteiger charge is 2.40. The first-order chi connectivity index (χ1) is 13.8. The largest absolute Gasteiger partial charge is 0.391 e. The van der Waals surface area contributed by atoms with E-state index in [9.17, 15) is 14.7 Å². The molecule has 4 N–H and O–H groups in total. The van der Waals surface area contributed by atoms with Gasteiger partial charge in [-0.1, -0.05) is 13.8 Å². The molecule has 2 aromatic heterocycles. The third-order valence-corrected chi connectivity index (χ3v) is 5.82. The van der Waals surface area contributed by atoms with Crippen LogP contribution in [0.1, 0.15) is 32.8 Å². The highest BCUT2D eigenvalue weighted by molar-refractivity contribution is 5.90. The molecule has 0 saturated carbocycles. The number of rotatable bonds is 7. The van der Waals surface area contributed by atoms with E-state index < -0.39 is 12.1 Å². The van der Waals surface area contributed by atoms with Crippen molar-refractivity contribution in [3.05, 3.63) is 30.1 Å². The van der Waals surface area contributed by atoms with Gasteiger partial charge in [-0.3, -0.25) is 9.59 Å². The van der Waals surface area contributed by atoms with Crippen molar-refractivity contribution in [2.24, 2.45) is 5.92 Å². The number of carbonyl (C=O) groups excluding carboxylic acids is 2. The molecule has 2 amide bonds. The Balaban J connectivity index is 1.79. The average Bonchev–Trinajstić information content (AvgIpc) is 3.29. The Morgan fingerprint density at radius 2 is 2.14 bits per heavy atom. The predicted octanol–water partition coefficient (Wildman–Crippen LogP) is 0.816. The summed E-state index contributed by atoms with van der Waals surface area (Å²) in [7, 11) is 1.71. The normalized spacial score (nSPS) is 21.5. The molecule has 4 atom stereocenters. The summed E-state index contributed by atoms with van der Waals surface area (Å²) < 4.78 is 0. The minimum atomic E-state index is -0.629. The zero-order valence-electron chi connectivity index (χ0n) is 17.5. The van der Waals surface area contributed by atoms with Gasteiger partial charge in [0, 0.05) is 24.3 Å². The van der Waals surface area contributed by atoms with E-state index in [4.69, 9.17) is 0 Å². The van der Waals surface area contributed by atoms with Crippen LogP contribution in [0.3, 0.4) is 0 Å². The molecule has 0 aromatic carbocycles. The molecule has 3 rings (SSSR count). The zero-order valence-corrected chi connectivity index (χ0v) is 17.5. The van der Waals surface area contributed by atoms with Crippen molar-refractivity contribution in [1.29, 1.82) is 0 Å². The van der Waals surface area contributed by atoms with Crippen LogP contribution in [0.4, 0.5) is 0 Å². The van der Waals surface area contributed by atoms with Crippen LogP contribution in [0.2, 0.25) is 0 Å². The fourth-order valence-electron chi connectivity index (χ4n) is 3.87. The molecule has 8 nitrogen and oxygen atoms in total. The summed E-state index contributed by atoms with van der Waals surface area (Å²) in [5, 5.41) is 17.4. The average molecular weight is 402 g/mol. The SMILES string of the molecule is CN[C@@H](C)C(=O)N[C@H](C(=O)N1CCC(O)[C@@H]1Cc1c[nH]c2ncccc12)C(C)C. The molecular weight excluding hydrogens is 370 g/mol. The molecule has 1 aliphatic rings. The van der Waals surface area contributed by atoms with Crippen molar-refractivity contribution in [3.63, 3.8) is 0 Å². The van der Waals surface area contributed by atoms with Gasteiger partial charge >= 0.3 is 0 Å². The summed E-state index contributed by atoms with van der Waals surface area (Å²) in [6.07, 6.45) is 4.08. The van der Waals surface area contributed by atoms with Crippen LogP contribution in [0, 0.1) is 5.92 Å². The Labute approximate surface area is 171 Å². The van der Waals surface area contributed by atoms with Crippen LogP contribution in [0.15, 0.2) is 24.5 Å². The highest BCUT2D eigenvalue weighted by atomic mass is 16.3. The van der Waals surface area contributed by atoms with Crippen molar-refractivity contribution < 1.29 is 14.7 Å². The second-order valence-electron chi connectivity index (χ2n) is 8.11. The molecule has 3 heterocycles. The maximum atomic E-state index is 13.3. The van der Waals surface area contributed by atoms with E-state index in [0.717, 1.165) is 16.6 Å². The molecule has 1 aliphatic heterocycles. The van der Waals surface area contributed by atoms with Gasteiger partial charge in [0.05, 0.1) is 18.2 Å². The molecule has 2 aromatic rings. The third-order valence-electron chi connectivity index (χ3n) is 5.82. The van der Waals surface area contributed by atoms with Gasteiger partial charge < -0.3 is 25.6 Å². The molecule has 1 saturated heterocycles. The van der Waals surface area contributed by atoms with Gasteiger partial charge in [-0.05, 0) is 50.4 Å². The maximum Gasteiger partial charge on any atom is 0.245 e. The van der Waals surface area contributed by atoms with E-state index in [-0.39, 0.29) is 29.8 Å². The number of nitrogens with one attached hydrogen (secondary N) is 3. The highest BCUT2D eigenvalue weighted by Crippen LogP contribution is 2.26. The molecule has 0 spiro atoms. The van der Waals surface area contributed by atoms with Crippen LogP contribution in [0.5, 0.6) is 0 Å². The number of H-pyrrole nitrogens is 1. The van der Waals surface area contributed by atoms with Gasteiger partial charge in [-0.2, -0.15) is 0 Å². The van der Waals surface area contributed by atoms with E-state index in [2.05, 4.69) is 20.6 Å². The van der Waals surface area contributed by atoms with Gasteiger partial charge in [0.1, 0.15) is 11.7 Å². The minimum absolute atomic E-state index is 0.0637. The second-order valence-corrected chi connectivity index (χ2v) is 8.11. The molecule has 0 bridgehead atoms. The first kappa shape index (κ1) is 21.3.